The Kier molecular flexibility index (Phi) is 1.69. The van der Waals surface area contributed by atoms with Gasteiger partial charge in [-0.3, -0.25) is 0 Å². The van der Waals surface area contributed by atoms with Crippen LogP contribution in [0.1, 0.15) is 0 Å². The maximum atomic E-state index is 10.4. The number of aromatic amines is 1. The number of fused-ring (bicyclic) bond motifs is 1. The molecule has 0 unspecified atom stereocenters. The summed E-state index contributed by atoms with van der Waals surface area (Å²) in [6.45, 7) is 0. The van der Waals surface area contributed by atoms with Gasteiger partial charge in [0.05, 0.1) is 5.52 Å². The molecule has 0 fully saturated rings. The normalized spacial score (nSPS) is 10.4. The van der Waals surface area contributed by atoms with E-state index >= 15 is 0 Å². The van der Waals surface area contributed by atoms with E-state index in [1.165, 1.54) is 0 Å². The minimum absolute atomic E-state index is 0.435. The second kappa shape index (κ2) is 2.71. The summed E-state index contributed by atoms with van der Waals surface area (Å²) in [5.74, 6) is 0. The molecule has 0 aliphatic rings. The smallest absolute Gasteiger partial charge is 0.133 e. The first-order chi connectivity index (χ1) is 5.81. The van der Waals surface area contributed by atoms with Crippen LogP contribution in [0.3, 0.4) is 0 Å². The number of halogens is 1. The number of nitrogens with one attached hydrogen (secondary N) is 1. The topological polar surface area (TPSA) is 45.2 Å². The van der Waals surface area contributed by atoms with Gasteiger partial charge >= 0.3 is 0 Å². The van der Waals surface area contributed by atoms with Crippen LogP contribution in [-0.4, -0.2) is 4.98 Å². The van der Waals surface area contributed by atoms with Gasteiger partial charge in [-0.1, -0.05) is 15.9 Å². The van der Waals surface area contributed by atoms with Gasteiger partial charge in [-0.15, -0.1) is 4.91 Å². The summed E-state index contributed by atoms with van der Waals surface area (Å²) in [4.78, 5) is 13.3. The molecule has 0 aliphatic carbocycles. The maximum Gasteiger partial charge on any atom is 0.133 e. The number of aromatic nitrogens is 1. The quantitative estimate of drug-likeness (QED) is 0.743. The molecule has 0 radical (unpaired) electrons. The van der Waals surface area contributed by atoms with Crippen molar-refractivity contribution in [3.63, 3.8) is 0 Å². The number of rotatable bonds is 1. The highest BCUT2D eigenvalue weighted by atomic mass is 79.9. The summed E-state index contributed by atoms with van der Waals surface area (Å²) < 4.78 is 0.865. The fourth-order valence-corrected chi connectivity index (χ4v) is 1.65. The zero-order chi connectivity index (χ0) is 8.55. The van der Waals surface area contributed by atoms with Crippen molar-refractivity contribution in [2.45, 2.75) is 0 Å². The zero-order valence-corrected chi connectivity index (χ0v) is 7.63. The molecule has 4 heteroatoms. The summed E-state index contributed by atoms with van der Waals surface area (Å²) >= 11 is 3.30. The molecule has 1 heterocycles. The van der Waals surface area contributed by atoms with Gasteiger partial charge in [-0.2, -0.15) is 0 Å². The molecule has 1 N–H and O–H groups in total. The lowest BCUT2D eigenvalue weighted by Gasteiger charge is -1.94. The number of H-pyrrole nitrogens is 1. The van der Waals surface area contributed by atoms with Crippen molar-refractivity contribution in [1.82, 2.24) is 4.98 Å². The molecule has 60 valence electrons. The van der Waals surface area contributed by atoms with Crippen molar-refractivity contribution in [2.24, 2.45) is 5.18 Å². The Labute approximate surface area is 76.9 Å². The minimum atomic E-state index is 0.435. The Morgan fingerprint density at radius 2 is 2.25 bits per heavy atom. The third-order valence-electron chi connectivity index (χ3n) is 1.70. The highest BCUT2D eigenvalue weighted by molar-refractivity contribution is 9.10. The first kappa shape index (κ1) is 7.49. The molecule has 0 bridgehead atoms. The molecule has 0 spiro atoms. The molecular formula is C8H5BrN2O. The Hall–Kier alpha value is -1.16. The molecule has 2 rings (SSSR count). The summed E-state index contributed by atoms with van der Waals surface area (Å²) in [7, 11) is 0. The van der Waals surface area contributed by atoms with Crippen LogP contribution in [-0.2, 0) is 0 Å². The van der Waals surface area contributed by atoms with E-state index in [1.807, 2.05) is 12.1 Å². The van der Waals surface area contributed by atoms with Gasteiger partial charge in [0.2, 0.25) is 0 Å². The van der Waals surface area contributed by atoms with Crippen molar-refractivity contribution in [1.29, 1.82) is 0 Å². The van der Waals surface area contributed by atoms with Crippen LogP contribution in [0.2, 0.25) is 0 Å². The standard InChI is InChI=1S/C8H5BrN2O/c9-6-3-5-1-2-10-8(5)7(4-6)11-12/h1-4,10H. The largest absolute Gasteiger partial charge is 0.359 e. The molecule has 3 nitrogen and oxygen atoms in total. The molecule has 1 aromatic heterocycles. The molecule has 0 amide bonds. The Morgan fingerprint density at radius 1 is 1.42 bits per heavy atom. The number of nitroso groups, excluding NO2 is 1. The fourth-order valence-electron chi connectivity index (χ4n) is 1.19. The lowest BCUT2D eigenvalue weighted by Crippen LogP contribution is -1.70. The molecule has 12 heavy (non-hydrogen) atoms. The van der Waals surface area contributed by atoms with Gasteiger partial charge in [0, 0.05) is 16.1 Å². The second-order valence-electron chi connectivity index (χ2n) is 2.46. The van der Waals surface area contributed by atoms with Gasteiger partial charge in [0.15, 0.2) is 0 Å². The predicted molar refractivity (Wildman–Crippen MR) is 51.5 cm³/mol. The number of hydrogen-bond donors (Lipinski definition) is 1. The van der Waals surface area contributed by atoms with Crippen molar-refractivity contribution >= 4 is 32.5 Å². The van der Waals surface area contributed by atoms with Crippen LogP contribution in [0.25, 0.3) is 10.9 Å². The third kappa shape index (κ3) is 1.04. The molecule has 1 aromatic carbocycles. The maximum absolute atomic E-state index is 10.4. The van der Waals surface area contributed by atoms with Crippen molar-refractivity contribution in [3.8, 4) is 0 Å². The van der Waals surface area contributed by atoms with Crippen LogP contribution < -0.4 is 0 Å². The first-order valence-corrected chi connectivity index (χ1v) is 4.20. The molecule has 0 saturated carbocycles. The van der Waals surface area contributed by atoms with E-state index in [1.54, 1.807) is 12.3 Å². The van der Waals surface area contributed by atoms with E-state index < -0.39 is 0 Å². The lowest BCUT2D eigenvalue weighted by atomic mass is 10.2. The van der Waals surface area contributed by atoms with Crippen LogP contribution in [0, 0.1) is 4.91 Å². The van der Waals surface area contributed by atoms with E-state index in [9.17, 15) is 4.91 Å². The van der Waals surface area contributed by atoms with Gasteiger partial charge < -0.3 is 4.98 Å². The van der Waals surface area contributed by atoms with E-state index in [0.717, 1.165) is 15.4 Å². The summed E-state index contributed by atoms with van der Waals surface area (Å²) in [5.41, 5.74) is 1.22. The highest BCUT2D eigenvalue weighted by Crippen LogP contribution is 2.28. The van der Waals surface area contributed by atoms with Gasteiger partial charge in [-0.25, -0.2) is 0 Å². The first-order valence-electron chi connectivity index (χ1n) is 3.41. The average Bonchev–Trinajstić information content (AvgIpc) is 2.50. The van der Waals surface area contributed by atoms with Gasteiger partial charge in [0.25, 0.3) is 0 Å². The predicted octanol–water partition coefficient (Wildman–Crippen LogP) is 3.33. The lowest BCUT2D eigenvalue weighted by molar-refractivity contribution is 1.43. The average molecular weight is 225 g/mol. The Bertz CT molecular complexity index is 436. The second-order valence-corrected chi connectivity index (χ2v) is 3.37. The summed E-state index contributed by atoms with van der Waals surface area (Å²) in [6, 6.07) is 5.52. The van der Waals surface area contributed by atoms with Crippen LogP contribution in [0.4, 0.5) is 5.69 Å². The molecule has 0 saturated heterocycles. The summed E-state index contributed by atoms with van der Waals surface area (Å²) in [5, 5.41) is 3.91. The van der Waals surface area contributed by atoms with Gasteiger partial charge in [-0.05, 0) is 23.4 Å². The Morgan fingerprint density at radius 3 is 3.00 bits per heavy atom. The van der Waals surface area contributed by atoms with Gasteiger partial charge in [0.1, 0.15) is 5.69 Å². The SMILES string of the molecule is O=Nc1cc(Br)cc2cc[nH]c12. The fraction of sp³-hybridized carbons (Fsp3) is 0. The number of nitrogens with zero attached hydrogens (tertiary/aromatic N) is 1. The van der Waals surface area contributed by atoms with Crippen LogP contribution >= 0.6 is 15.9 Å². The van der Waals surface area contributed by atoms with Crippen LogP contribution in [0.15, 0.2) is 34.0 Å². The highest BCUT2D eigenvalue weighted by Gasteiger charge is 2.03. The molecular weight excluding hydrogens is 220 g/mol. The Balaban J connectivity index is 2.88. The van der Waals surface area contributed by atoms with E-state index in [0.29, 0.717) is 5.69 Å². The number of hydrogen-bond acceptors (Lipinski definition) is 2. The minimum Gasteiger partial charge on any atom is -0.359 e. The van der Waals surface area contributed by atoms with Crippen LogP contribution in [0.5, 0.6) is 0 Å². The third-order valence-corrected chi connectivity index (χ3v) is 2.16. The summed E-state index contributed by atoms with van der Waals surface area (Å²) in [6.07, 6.45) is 1.78. The van der Waals surface area contributed by atoms with E-state index in [4.69, 9.17) is 0 Å². The van der Waals surface area contributed by atoms with Crippen molar-refractivity contribution in [3.05, 3.63) is 33.8 Å². The van der Waals surface area contributed by atoms with E-state index in [2.05, 4.69) is 26.1 Å². The van der Waals surface area contributed by atoms with Crippen molar-refractivity contribution in [2.75, 3.05) is 0 Å². The zero-order valence-electron chi connectivity index (χ0n) is 6.04. The monoisotopic (exact) mass is 224 g/mol. The van der Waals surface area contributed by atoms with E-state index in [-0.39, 0.29) is 0 Å². The van der Waals surface area contributed by atoms with Crippen molar-refractivity contribution < 1.29 is 0 Å². The molecule has 0 aliphatic heterocycles. The molecule has 2 aromatic rings. The molecule has 0 atom stereocenters. The number of benzene rings is 1.